The molecule has 3 heteroatoms. The molecule has 1 aliphatic rings. The van der Waals surface area contributed by atoms with Crippen molar-refractivity contribution in [1.82, 2.24) is 0 Å². The van der Waals surface area contributed by atoms with Crippen molar-refractivity contribution < 1.29 is 4.74 Å². The van der Waals surface area contributed by atoms with Crippen LogP contribution in [-0.2, 0) is 0 Å². The number of alkyl halides is 1. The summed E-state index contributed by atoms with van der Waals surface area (Å²) in [4.78, 5) is 0.286. The molecule has 1 nitrogen and oxygen atoms in total. The third kappa shape index (κ3) is 2.21. The maximum absolute atomic E-state index is 5.74. The molecular weight excluding hydrogens is 356 g/mol. The van der Waals surface area contributed by atoms with Crippen molar-refractivity contribution in [3.8, 4) is 5.75 Å². The highest BCUT2D eigenvalue weighted by molar-refractivity contribution is 9.10. The fourth-order valence-corrected chi connectivity index (χ4v) is 3.32. The first-order chi connectivity index (χ1) is 8.75. The quantitative estimate of drug-likeness (QED) is 0.674. The lowest BCUT2D eigenvalue weighted by molar-refractivity contribution is 0.329. The van der Waals surface area contributed by atoms with Crippen molar-refractivity contribution in [3.05, 3.63) is 64.1 Å². The average Bonchev–Trinajstić information content (AvgIpc) is 2.82. The second-order valence-electron chi connectivity index (χ2n) is 4.41. The van der Waals surface area contributed by atoms with Gasteiger partial charge in [0.2, 0.25) is 0 Å². The lowest BCUT2D eigenvalue weighted by Gasteiger charge is -2.17. The van der Waals surface area contributed by atoms with Gasteiger partial charge in [-0.1, -0.05) is 62.2 Å². The lowest BCUT2D eigenvalue weighted by Crippen LogP contribution is -2.07. The van der Waals surface area contributed by atoms with E-state index in [0.717, 1.165) is 16.8 Å². The molecule has 0 radical (unpaired) electrons. The van der Waals surface area contributed by atoms with Gasteiger partial charge in [-0.05, 0) is 23.8 Å². The smallest absolute Gasteiger partial charge is 0.122 e. The number of ether oxygens (including phenoxy) is 1. The van der Waals surface area contributed by atoms with E-state index in [0.29, 0.717) is 5.92 Å². The summed E-state index contributed by atoms with van der Waals surface area (Å²) >= 11 is 7.28. The maximum Gasteiger partial charge on any atom is 0.122 e. The molecule has 0 spiro atoms. The minimum absolute atomic E-state index is 0.286. The zero-order valence-corrected chi connectivity index (χ0v) is 12.8. The summed E-state index contributed by atoms with van der Waals surface area (Å²) in [5, 5.41) is 0. The van der Waals surface area contributed by atoms with Gasteiger partial charge >= 0.3 is 0 Å². The van der Waals surface area contributed by atoms with Crippen LogP contribution in [0, 0.1) is 0 Å². The molecule has 1 aliphatic heterocycles. The zero-order chi connectivity index (χ0) is 12.5. The Bertz CT molecular complexity index is 551. The Hall–Kier alpha value is -0.800. The zero-order valence-electron chi connectivity index (χ0n) is 9.64. The molecule has 18 heavy (non-hydrogen) atoms. The van der Waals surface area contributed by atoms with Crippen LogP contribution in [0.4, 0.5) is 0 Å². The molecule has 2 aromatic carbocycles. The molecule has 2 unspecified atom stereocenters. The van der Waals surface area contributed by atoms with Gasteiger partial charge in [0.15, 0.2) is 0 Å². The van der Waals surface area contributed by atoms with Gasteiger partial charge in [0.25, 0.3) is 0 Å². The standard InChI is InChI=1S/C15H12Br2O/c16-11-7-5-10(6-8-11)15(17)13-9-18-14-4-2-1-3-12(13)14/h1-8,13,15H,9H2. The van der Waals surface area contributed by atoms with Crippen molar-refractivity contribution in [2.24, 2.45) is 0 Å². The monoisotopic (exact) mass is 366 g/mol. The van der Waals surface area contributed by atoms with E-state index in [-0.39, 0.29) is 4.83 Å². The first-order valence-electron chi connectivity index (χ1n) is 5.87. The average molecular weight is 368 g/mol. The molecule has 0 N–H and O–H groups in total. The molecule has 0 fully saturated rings. The SMILES string of the molecule is Brc1ccc(C(Br)C2COc3ccccc32)cc1. The van der Waals surface area contributed by atoms with Crippen LogP contribution in [0.3, 0.4) is 0 Å². The maximum atomic E-state index is 5.74. The number of halogens is 2. The van der Waals surface area contributed by atoms with E-state index in [1.165, 1.54) is 11.1 Å². The normalized spacial score (nSPS) is 19.1. The van der Waals surface area contributed by atoms with Crippen LogP contribution in [-0.4, -0.2) is 6.61 Å². The molecule has 0 bridgehead atoms. The Morgan fingerprint density at radius 2 is 1.78 bits per heavy atom. The van der Waals surface area contributed by atoms with Crippen molar-refractivity contribution in [2.45, 2.75) is 10.7 Å². The minimum atomic E-state index is 0.286. The van der Waals surface area contributed by atoms with Crippen molar-refractivity contribution >= 4 is 31.9 Å². The summed E-state index contributed by atoms with van der Waals surface area (Å²) in [5.74, 6) is 1.39. The van der Waals surface area contributed by atoms with E-state index < -0.39 is 0 Å². The predicted molar refractivity (Wildman–Crippen MR) is 80.5 cm³/mol. The Morgan fingerprint density at radius 3 is 2.56 bits per heavy atom. The van der Waals surface area contributed by atoms with Crippen LogP contribution in [0.2, 0.25) is 0 Å². The van der Waals surface area contributed by atoms with E-state index in [4.69, 9.17) is 4.74 Å². The van der Waals surface area contributed by atoms with Gasteiger partial charge < -0.3 is 4.74 Å². The summed E-state index contributed by atoms with van der Waals surface area (Å²) in [6, 6.07) is 16.7. The Labute approximate surface area is 123 Å². The second kappa shape index (κ2) is 5.06. The number of fused-ring (bicyclic) bond motifs is 1. The molecule has 92 valence electrons. The van der Waals surface area contributed by atoms with Crippen LogP contribution < -0.4 is 4.74 Å². The largest absolute Gasteiger partial charge is 0.493 e. The van der Waals surface area contributed by atoms with Gasteiger partial charge in [-0.25, -0.2) is 0 Å². The van der Waals surface area contributed by atoms with Crippen molar-refractivity contribution in [3.63, 3.8) is 0 Å². The predicted octanol–water partition coefficient (Wildman–Crippen LogP) is 5.06. The number of para-hydroxylation sites is 1. The van der Waals surface area contributed by atoms with E-state index in [1.807, 2.05) is 12.1 Å². The highest BCUT2D eigenvalue weighted by Gasteiger charge is 2.30. The van der Waals surface area contributed by atoms with Gasteiger partial charge in [-0.2, -0.15) is 0 Å². The van der Waals surface area contributed by atoms with E-state index in [1.54, 1.807) is 0 Å². The first-order valence-corrected chi connectivity index (χ1v) is 7.58. The fourth-order valence-electron chi connectivity index (χ4n) is 2.31. The van der Waals surface area contributed by atoms with E-state index in [2.05, 4.69) is 68.3 Å². The number of hydrogen-bond acceptors (Lipinski definition) is 1. The van der Waals surface area contributed by atoms with Gasteiger partial charge in [0, 0.05) is 20.8 Å². The number of benzene rings is 2. The lowest BCUT2D eigenvalue weighted by atomic mass is 9.94. The second-order valence-corrected chi connectivity index (χ2v) is 6.31. The van der Waals surface area contributed by atoms with Crippen LogP contribution in [0.5, 0.6) is 5.75 Å². The van der Waals surface area contributed by atoms with Gasteiger partial charge in [-0.3, -0.25) is 0 Å². The van der Waals surface area contributed by atoms with E-state index >= 15 is 0 Å². The van der Waals surface area contributed by atoms with Crippen molar-refractivity contribution in [1.29, 1.82) is 0 Å². The summed E-state index contributed by atoms with van der Waals surface area (Å²) < 4.78 is 6.84. The molecule has 0 aromatic heterocycles. The third-order valence-corrected chi connectivity index (χ3v) is 4.97. The van der Waals surface area contributed by atoms with Crippen molar-refractivity contribution in [2.75, 3.05) is 6.61 Å². The highest BCUT2D eigenvalue weighted by atomic mass is 79.9. The minimum Gasteiger partial charge on any atom is -0.493 e. The molecule has 2 aromatic rings. The van der Waals surface area contributed by atoms with Crippen LogP contribution in [0.15, 0.2) is 53.0 Å². The van der Waals surface area contributed by atoms with Crippen LogP contribution in [0.25, 0.3) is 0 Å². The molecule has 0 amide bonds. The molecule has 2 atom stereocenters. The summed E-state index contributed by atoms with van der Waals surface area (Å²) in [5.41, 5.74) is 2.57. The van der Waals surface area contributed by atoms with Gasteiger partial charge in [0.1, 0.15) is 5.75 Å². The molecule has 0 saturated heterocycles. The Balaban J connectivity index is 1.90. The fraction of sp³-hybridized carbons (Fsp3) is 0.200. The molecule has 3 rings (SSSR count). The third-order valence-electron chi connectivity index (χ3n) is 3.28. The Kier molecular flexibility index (Phi) is 3.44. The molecule has 1 heterocycles. The van der Waals surface area contributed by atoms with Gasteiger partial charge in [-0.15, -0.1) is 0 Å². The molecular formula is C15H12Br2O. The molecule has 0 saturated carbocycles. The van der Waals surface area contributed by atoms with E-state index in [9.17, 15) is 0 Å². The Morgan fingerprint density at radius 1 is 1.06 bits per heavy atom. The summed E-state index contributed by atoms with van der Waals surface area (Å²) in [6.07, 6.45) is 0. The highest BCUT2D eigenvalue weighted by Crippen LogP contribution is 2.45. The topological polar surface area (TPSA) is 9.23 Å². The molecule has 0 aliphatic carbocycles. The summed E-state index contributed by atoms with van der Waals surface area (Å²) in [6.45, 7) is 0.741. The van der Waals surface area contributed by atoms with Crippen LogP contribution in [0.1, 0.15) is 21.9 Å². The summed E-state index contributed by atoms with van der Waals surface area (Å²) in [7, 11) is 0. The number of hydrogen-bond donors (Lipinski definition) is 0. The van der Waals surface area contributed by atoms with Crippen LogP contribution >= 0.6 is 31.9 Å². The van der Waals surface area contributed by atoms with Gasteiger partial charge in [0.05, 0.1) is 6.61 Å². The first kappa shape index (κ1) is 12.2. The number of rotatable bonds is 2.